The zero-order valence-corrected chi connectivity index (χ0v) is 15.7. The van der Waals surface area contributed by atoms with Crippen LogP contribution in [0.1, 0.15) is 56.0 Å². The third kappa shape index (κ3) is 3.18. The van der Waals surface area contributed by atoms with E-state index in [0.717, 1.165) is 42.6 Å². The van der Waals surface area contributed by atoms with Crippen molar-refractivity contribution in [1.82, 2.24) is 14.7 Å². The molecule has 0 bridgehead atoms. The lowest BCUT2D eigenvalue weighted by Crippen LogP contribution is -2.48. The van der Waals surface area contributed by atoms with Crippen molar-refractivity contribution in [3.05, 3.63) is 17.0 Å². The van der Waals surface area contributed by atoms with Crippen LogP contribution in [-0.4, -0.2) is 43.7 Å². The molecule has 1 saturated carbocycles. The van der Waals surface area contributed by atoms with Gasteiger partial charge in [-0.3, -0.25) is 9.48 Å². The summed E-state index contributed by atoms with van der Waals surface area (Å²) in [5.41, 5.74) is 3.13. The van der Waals surface area contributed by atoms with Gasteiger partial charge in [-0.05, 0) is 51.0 Å². The molecule has 1 aliphatic carbocycles. The summed E-state index contributed by atoms with van der Waals surface area (Å²) in [4.78, 5) is 26.6. The SMILES string of the molecule is Cc1nn(C)c(C)c1CC(C)C(=O)N1C(C(=O)O)CC2CCCCC21. The van der Waals surface area contributed by atoms with Crippen LogP contribution in [0.3, 0.4) is 0 Å². The van der Waals surface area contributed by atoms with Crippen LogP contribution in [0.2, 0.25) is 0 Å². The number of rotatable bonds is 4. The van der Waals surface area contributed by atoms with Gasteiger partial charge in [-0.1, -0.05) is 19.8 Å². The molecule has 1 aromatic rings. The molecule has 2 heterocycles. The fraction of sp³-hybridized carbons (Fsp3) is 0.737. The molecule has 2 aliphatic rings. The number of aryl methyl sites for hydroxylation is 2. The lowest BCUT2D eigenvalue weighted by atomic mass is 9.84. The van der Waals surface area contributed by atoms with Crippen LogP contribution in [0.4, 0.5) is 0 Å². The molecule has 0 radical (unpaired) electrons. The molecule has 2 fully saturated rings. The fourth-order valence-corrected chi connectivity index (χ4v) is 4.76. The fourth-order valence-electron chi connectivity index (χ4n) is 4.76. The van der Waals surface area contributed by atoms with Gasteiger partial charge in [-0.2, -0.15) is 5.10 Å². The summed E-state index contributed by atoms with van der Waals surface area (Å²) in [6.07, 6.45) is 5.46. The molecule has 138 valence electrons. The first-order chi connectivity index (χ1) is 11.8. The molecule has 1 aromatic heterocycles. The normalized spacial score (nSPS) is 27.2. The quantitative estimate of drug-likeness (QED) is 0.908. The Labute approximate surface area is 149 Å². The maximum Gasteiger partial charge on any atom is 0.326 e. The first kappa shape index (κ1) is 18.0. The minimum Gasteiger partial charge on any atom is -0.480 e. The number of fused-ring (bicyclic) bond motifs is 1. The van der Waals surface area contributed by atoms with E-state index in [9.17, 15) is 14.7 Å². The van der Waals surface area contributed by atoms with Gasteiger partial charge in [0.15, 0.2) is 0 Å². The zero-order chi connectivity index (χ0) is 18.3. The van der Waals surface area contributed by atoms with Crippen LogP contribution in [0, 0.1) is 25.7 Å². The monoisotopic (exact) mass is 347 g/mol. The van der Waals surface area contributed by atoms with E-state index in [1.165, 1.54) is 0 Å². The highest BCUT2D eigenvalue weighted by Crippen LogP contribution is 2.40. The molecule has 0 spiro atoms. The van der Waals surface area contributed by atoms with Crippen molar-refractivity contribution < 1.29 is 14.7 Å². The van der Waals surface area contributed by atoms with Gasteiger partial charge in [0, 0.05) is 24.7 Å². The second-order valence-corrected chi connectivity index (χ2v) is 7.83. The van der Waals surface area contributed by atoms with Crippen molar-refractivity contribution in [2.75, 3.05) is 0 Å². The molecule has 4 unspecified atom stereocenters. The first-order valence-corrected chi connectivity index (χ1v) is 9.35. The van der Waals surface area contributed by atoms with Gasteiger partial charge >= 0.3 is 5.97 Å². The Bertz CT molecular complexity index is 682. The summed E-state index contributed by atoms with van der Waals surface area (Å²) in [7, 11) is 1.91. The lowest BCUT2D eigenvalue weighted by molar-refractivity contribution is -0.151. The number of hydrogen-bond acceptors (Lipinski definition) is 3. The molecular formula is C19H29N3O3. The lowest BCUT2D eigenvalue weighted by Gasteiger charge is -2.34. The minimum absolute atomic E-state index is 0.00977. The molecule has 1 aliphatic heterocycles. The van der Waals surface area contributed by atoms with E-state index in [0.29, 0.717) is 18.8 Å². The third-order valence-electron chi connectivity index (χ3n) is 6.22. The number of carboxylic acid groups (broad SMARTS) is 1. The standard InChI is InChI=1S/C19H29N3O3/c1-11(9-15-12(2)20-21(4)13(15)3)18(23)22-16-8-6-5-7-14(16)10-17(22)19(24)25/h11,14,16-17H,5-10H2,1-4H3,(H,24,25). The highest BCUT2D eigenvalue weighted by molar-refractivity contribution is 5.86. The average Bonchev–Trinajstić information content (AvgIpc) is 3.07. The Morgan fingerprint density at radius 3 is 2.56 bits per heavy atom. The summed E-state index contributed by atoms with van der Waals surface area (Å²) in [5.74, 6) is -0.745. The summed E-state index contributed by atoms with van der Waals surface area (Å²) >= 11 is 0. The Balaban J connectivity index is 1.80. The Morgan fingerprint density at radius 1 is 1.28 bits per heavy atom. The number of carboxylic acids is 1. The molecule has 1 amide bonds. The predicted octanol–water partition coefficient (Wildman–Crippen LogP) is 2.46. The van der Waals surface area contributed by atoms with Crippen molar-refractivity contribution in [3.8, 4) is 0 Å². The maximum atomic E-state index is 13.2. The molecule has 1 saturated heterocycles. The van der Waals surface area contributed by atoms with Gasteiger partial charge in [0.05, 0.1) is 5.69 Å². The van der Waals surface area contributed by atoms with Gasteiger partial charge in [-0.15, -0.1) is 0 Å². The molecule has 3 rings (SSSR count). The molecule has 6 nitrogen and oxygen atoms in total. The minimum atomic E-state index is -0.858. The Morgan fingerprint density at radius 2 is 1.96 bits per heavy atom. The van der Waals surface area contributed by atoms with E-state index in [2.05, 4.69) is 5.10 Å². The van der Waals surface area contributed by atoms with Crippen LogP contribution >= 0.6 is 0 Å². The number of likely N-dealkylation sites (tertiary alicyclic amines) is 1. The largest absolute Gasteiger partial charge is 0.480 e. The van der Waals surface area contributed by atoms with Crippen LogP contribution in [0.25, 0.3) is 0 Å². The maximum absolute atomic E-state index is 13.2. The number of carbonyl (C=O) groups is 2. The van der Waals surface area contributed by atoms with E-state index < -0.39 is 12.0 Å². The van der Waals surface area contributed by atoms with Crippen LogP contribution in [0.5, 0.6) is 0 Å². The molecule has 25 heavy (non-hydrogen) atoms. The van der Waals surface area contributed by atoms with Gasteiger partial charge in [0.25, 0.3) is 0 Å². The van der Waals surface area contributed by atoms with Crippen LogP contribution in [-0.2, 0) is 23.1 Å². The molecule has 0 aromatic carbocycles. The highest BCUT2D eigenvalue weighted by atomic mass is 16.4. The Kier molecular flexibility index (Phi) is 4.89. The number of nitrogens with zero attached hydrogens (tertiary/aromatic N) is 3. The number of aliphatic carboxylic acids is 1. The van der Waals surface area contributed by atoms with Crippen LogP contribution in [0.15, 0.2) is 0 Å². The number of amides is 1. The van der Waals surface area contributed by atoms with E-state index in [1.807, 2.05) is 32.5 Å². The third-order valence-corrected chi connectivity index (χ3v) is 6.22. The summed E-state index contributed by atoms with van der Waals surface area (Å²) in [5, 5.41) is 14.1. The van der Waals surface area contributed by atoms with E-state index in [1.54, 1.807) is 4.90 Å². The van der Waals surface area contributed by atoms with Gasteiger partial charge in [0.1, 0.15) is 6.04 Å². The number of carbonyl (C=O) groups excluding carboxylic acids is 1. The van der Waals surface area contributed by atoms with Crippen molar-refractivity contribution in [3.63, 3.8) is 0 Å². The number of aromatic nitrogens is 2. The molecular weight excluding hydrogens is 318 g/mol. The Hall–Kier alpha value is -1.85. The first-order valence-electron chi connectivity index (χ1n) is 9.35. The van der Waals surface area contributed by atoms with Crippen molar-refractivity contribution >= 4 is 11.9 Å². The van der Waals surface area contributed by atoms with E-state index in [-0.39, 0.29) is 17.9 Å². The predicted molar refractivity (Wildman–Crippen MR) is 94.2 cm³/mol. The molecule has 1 N–H and O–H groups in total. The van der Waals surface area contributed by atoms with Crippen molar-refractivity contribution in [1.29, 1.82) is 0 Å². The highest BCUT2D eigenvalue weighted by Gasteiger charge is 2.48. The smallest absolute Gasteiger partial charge is 0.326 e. The second kappa shape index (κ2) is 6.81. The van der Waals surface area contributed by atoms with E-state index >= 15 is 0 Å². The van der Waals surface area contributed by atoms with Crippen molar-refractivity contribution in [2.24, 2.45) is 18.9 Å². The summed E-state index contributed by atoms with van der Waals surface area (Å²) in [6, 6.07) is -0.542. The molecule has 6 heteroatoms. The summed E-state index contributed by atoms with van der Waals surface area (Å²) < 4.78 is 1.84. The zero-order valence-electron chi connectivity index (χ0n) is 15.7. The topological polar surface area (TPSA) is 75.4 Å². The molecule has 4 atom stereocenters. The second-order valence-electron chi connectivity index (χ2n) is 7.83. The van der Waals surface area contributed by atoms with Crippen LogP contribution < -0.4 is 0 Å². The number of hydrogen-bond donors (Lipinski definition) is 1. The average molecular weight is 347 g/mol. The summed E-state index contributed by atoms with van der Waals surface area (Å²) in [6.45, 7) is 5.90. The van der Waals surface area contributed by atoms with Gasteiger partial charge in [-0.25, -0.2) is 4.79 Å². The van der Waals surface area contributed by atoms with Crippen molar-refractivity contribution in [2.45, 2.75) is 71.4 Å². The van der Waals surface area contributed by atoms with E-state index in [4.69, 9.17) is 0 Å². The van der Waals surface area contributed by atoms with Gasteiger partial charge in [0.2, 0.25) is 5.91 Å². The van der Waals surface area contributed by atoms with Gasteiger partial charge < -0.3 is 10.0 Å².